The van der Waals surface area contributed by atoms with Crippen molar-refractivity contribution in [2.24, 2.45) is 0 Å². The van der Waals surface area contributed by atoms with Gasteiger partial charge in [0.1, 0.15) is 18.8 Å². The Morgan fingerprint density at radius 1 is 1.42 bits per heavy atom. The van der Waals surface area contributed by atoms with Gasteiger partial charge < -0.3 is 20.1 Å². The number of carbonyl (C=O) groups is 1. The molecule has 0 aliphatic rings. The first-order chi connectivity index (χ1) is 5.70. The number of aliphatic hydroxyl groups excluding tert-OH is 2. The first kappa shape index (κ1) is 11.1. The number of hydrogen-bond donors (Lipinski definition) is 2. The fraction of sp³-hybridized carbons (Fsp3) is 0.714. The van der Waals surface area contributed by atoms with Gasteiger partial charge in [-0.1, -0.05) is 0 Å². The zero-order valence-corrected chi connectivity index (χ0v) is 6.77. The Balaban J connectivity index is 3.93. The third kappa shape index (κ3) is 5.82. The topological polar surface area (TPSA) is 83.6 Å². The number of carboxylic acid groups (broad SMARTS) is 1. The molecule has 0 saturated heterocycles. The summed E-state index contributed by atoms with van der Waals surface area (Å²) in [5.74, 6) is -1.20. The third-order valence-electron chi connectivity index (χ3n) is 1.24. The zero-order chi connectivity index (χ0) is 9.40. The molecule has 0 rings (SSSR count). The smallest absolute Gasteiger partial charge is 0.182 e. The summed E-state index contributed by atoms with van der Waals surface area (Å²) in [5, 5.41) is 27.1. The fourth-order valence-electron chi connectivity index (χ4n) is 0.769. The minimum absolute atomic E-state index is 0.0328. The molecule has 5 heteroatoms. The number of rotatable bonds is 6. The minimum atomic E-state index is -1.20. The Morgan fingerprint density at radius 2 is 2.08 bits per heavy atom. The SMILES string of the molecule is O=C([O-])C[N+](=CCCO)CCO. The van der Waals surface area contributed by atoms with Crippen LogP contribution in [-0.4, -0.2) is 53.3 Å². The Hall–Kier alpha value is -0.940. The molecule has 12 heavy (non-hydrogen) atoms. The Morgan fingerprint density at radius 3 is 2.50 bits per heavy atom. The normalized spacial score (nSPS) is 11.7. The predicted molar refractivity (Wildman–Crippen MR) is 39.9 cm³/mol. The van der Waals surface area contributed by atoms with E-state index in [0.717, 1.165) is 0 Å². The van der Waals surface area contributed by atoms with Crippen molar-refractivity contribution in [3.05, 3.63) is 0 Å². The molecule has 0 aromatic rings. The Labute approximate surface area is 70.6 Å². The van der Waals surface area contributed by atoms with Gasteiger partial charge in [-0.3, -0.25) is 0 Å². The molecule has 0 amide bonds. The van der Waals surface area contributed by atoms with Crippen molar-refractivity contribution >= 4 is 12.2 Å². The second kappa shape index (κ2) is 6.75. The van der Waals surface area contributed by atoms with Crippen LogP contribution in [0.4, 0.5) is 0 Å². The molecular formula is C7H13NO4. The molecule has 0 unspecified atom stereocenters. The molecule has 5 nitrogen and oxygen atoms in total. The monoisotopic (exact) mass is 175 g/mol. The Bertz CT molecular complexity index is 167. The van der Waals surface area contributed by atoms with E-state index < -0.39 is 5.97 Å². The molecule has 0 aromatic carbocycles. The summed E-state index contributed by atoms with van der Waals surface area (Å²) in [5.41, 5.74) is 0. The van der Waals surface area contributed by atoms with E-state index in [9.17, 15) is 9.90 Å². The van der Waals surface area contributed by atoms with Crippen molar-refractivity contribution in [2.75, 3.05) is 26.3 Å². The molecule has 0 aliphatic carbocycles. The molecule has 0 bridgehead atoms. The van der Waals surface area contributed by atoms with Crippen LogP contribution < -0.4 is 5.11 Å². The summed E-state index contributed by atoms with van der Waals surface area (Å²) in [7, 11) is 0. The summed E-state index contributed by atoms with van der Waals surface area (Å²) in [6, 6.07) is 0. The lowest BCUT2D eigenvalue weighted by Crippen LogP contribution is -2.34. The molecule has 0 heterocycles. The summed E-state index contributed by atoms with van der Waals surface area (Å²) >= 11 is 0. The van der Waals surface area contributed by atoms with Gasteiger partial charge in [0.15, 0.2) is 13.1 Å². The molecule has 0 aromatic heterocycles. The van der Waals surface area contributed by atoms with Crippen molar-refractivity contribution < 1.29 is 24.7 Å². The first-order valence-corrected chi connectivity index (χ1v) is 3.69. The highest BCUT2D eigenvalue weighted by Gasteiger charge is 2.02. The predicted octanol–water partition coefficient (Wildman–Crippen LogP) is -2.81. The van der Waals surface area contributed by atoms with Crippen LogP contribution >= 0.6 is 0 Å². The summed E-state index contributed by atoms with van der Waals surface area (Å²) in [6.07, 6.45) is 1.92. The van der Waals surface area contributed by atoms with Gasteiger partial charge in [0.05, 0.1) is 6.61 Å². The van der Waals surface area contributed by atoms with Crippen molar-refractivity contribution in [3.63, 3.8) is 0 Å². The van der Waals surface area contributed by atoms with Crippen LogP contribution in [0.15, 0.2) is 0 Å². The van der Waals surface area contributed by atoms with E-state index in [0.29, 0.717) is 6.42 Å². The van der Waals surface area contributed by atoms with Crippen LogP contribution in [0.3, 0.4) is 0 Å². The highest BCUT2D eigenvalue weighted by molar-refractivity contribution is 5.66. The van der Waals surface area contributed by atoms with Gasteiger partial charge in [-0.2, -0.15) is 0 Å². The molecule has 0 saturated carbocycles. The summed E-state index contributed by atoms with van der Waals surface area (Å²) in [4.78, 5) is 10.1. The van der Waals surface area contributed by atoms with Gasteiger partial charge in [0.25, 0.3) is 0 Å². The van der Waals surface area contributed by atoms with Gasteiger partial charge in [0.2, 0.25) is 0 Å². The maximum Gasteiger partial charge on any atom is 0.182 e. The number of hydrogen-bond acceptors (Lipinski definition) is 4. The fourth-order valence-corrected chi connectivity index (χ4v) is 0.769. The maximum absolute atomic E-state index is 10.1. The molecular weight excluding hydrogens is 162 g/mol. The first-order valence-electron chi connectivity index (χ1n) is 3.69. The van der Waals surface area contributed by atoms with Gasteiger partial charge >= 0.3 is 0 Å². The van der Waals surface area contributed by atoms with Crippen LogP contribution in [0.2, 0.25) is 0 Å². The van der Waals surface area contributed by atoms with Crippen LogP contribution in [0, 0.1) is 0 Å². The van der Waals surface area contributed by atoms with Crippen molar-refractivity contribution in [1.29, 1.82) is 0 Å². The highest BCUT2D eigenvalue weighted by atomic mass is 16.4. The molecule has 0 spiro atoms. The lowest BCUT2D eigenvalue weighted by atomic mass is 10.4. The summed E-state index contributed by atoms with van der Waals surface area (Å²) < 4.78 is 1.39. The van der Waals surface area contributed by atoms with Gasteiger partial charge in [-0.25, -0.2) is 4.58 Å². The molecule has 70 valence electrons. The number of nitrogens with zero attached hydrogens (tertiary/aromatic N) is 1. The van der Waals surface area contributed by atoms with E-state index in [1.165, 1.54) is 10.8 Å². The average Bonchev–Trinajstić information content (AvgIpc) is 2.00. The molecule has 0 radical (unpaired) electrons. The second-order valence-corrected chi connectivity index (χ2v) is 2.26. The zero-order valence-electron chi connectivity index (χ0n) is 6.77. The Kier molecular flexibility index (Phi) is 6.22. The quantitative estimate of drug-likeness (QED) is 0.337. The maximum atomic E-state index is 10.1. The number of carbonyl (C=O) groups excluding carboxylic acids is 1. The van der Waals surface area contributed by atoms with E-state index in [1.807, 2.05) is 0 Å². The van der Waals surface area contributed by atoms with E-state index in [4.69, 9.17) is 10.2 Å². The van der Waals surface area contributed by atoms with Crippen molar-refractivity contribution in [2.45, 2.75) is 6.42 Å². The van der Waals surface area contributed by atoms with Crippen LogP contribution in [0.25, 0.3) is 0 Å². The van der Waals surface area contributed by atoms with Crippen molar-refractivity contribution in [1.82, 2.24) is 0 Å². The van der Waals surface area contributed by atoms with E-state index >= 15 is 0 Å². The highest BCUT2D eigenvalue weighted by Crippen LogP contribution is 1.76. The van der Waals surface area contributed by atoms with Crippen LogP contribution in [0.5, 0.6) is 0 Å². The second-order valence-electron chi connectivity index (χ2n) is 2.26. The number of carboxylic acids is 1. The lowest BCUT2D eigenvalue weighted by molar-refractivity contribution is -0.527. The van der Waals surface area contributed by atoms with Gasteiger partial charge in [-0.15, -0.1) is 0 Å². The summed E-state index contributed by atoms with van der Waals surface area (Å²) in [6.45, 7) is -0.154. The van der Waals surface area contributed by atoms with Gasteiger partial charge in [0, 0.05) is 6.42 Å². The van der Waals surface area contributed by atoms with Crippen molar-refractivity contribution in [3.8, 4) is 0 Å². The minimum Gasteiger partial charge on any atom is -0.544 e. The van der Waals surface area contributed by atoms with Crippen LogP contribution in [-0.2, 0) is 4.79 Å². The number of aliphatic carboxylic acids is 1. The van der Waals surface area contributed by atoms with E-state index in [-0.39, 0.29) is 26.3 Å². The van der Waals surface area contributed by atoms with Crippen LogP contribution in [0.1, 0.15) is 6.42 Å². The average molecular weight is 175 g/mol. The molecule has 0 atom stereocenters. The lowest BCUT2D eigenvalue weighted by Gasteiger charge is -2.01. The van der Waals surface area contributed by atoms with Gasteiger partial charge in [-0.05, 0) is 0 Å². The largest absolute Gasteiger partial charge is 0.544 e. The standard InChI is InChI=1S/C7H13NO4/c9-4-1-2-8(3-5-10)6-7(11)12/h2,9-10H,1,3-6H2. The molecule has 0 fully saturated rings. The molecule has 0 aliphatic heterocycles. The third-order valence-corrected chi connectivity index (χ3v) is 1.24. The molecule has 2 N–H and O–H groups in total. The number of aliphatic hydroxyl groups is 2. The van der Waals surface area contributed by atoms with E-state index in [1.54, 1.807) is 0 Å². The van der Waals surface area contributed by atoms with E-state index in [2.05, 4.69) is 0 Å².